The molecule has 0 saturated heterocycles. The summed E-state index contributed by atoms with van der Waals surface area (Å²) in [6.07, 6.45) is 0. The number of anilines is 3. The lowest BCUT2D eigenvalue weighted by molar-refractivity contribution is -0.114. The van der Waals surface area contributed by atoms with Gasteiger partial charge in [-0.2, -0.15) is 0 Å². The number of carbonyl (C=O) groups is 1. The average Bonchev–Trinajstić information content (AvgIpc) is 2.68. The van der Waals surface area contributed by atoms with Gasteiger partial charge in [0.05, 0.1) is 4.90 Å². The van der Waals surface area contributed by atoms with E-state index in [9.17, 15) is 13.2 Å². The zero-order chi connectivity index (χ0) is 20.0. The summed E-state index contributed by atoms with van der Waals surface area (Å²) in [5, 5.41) is 5.89. The van der Waals surface area contributed by atoms with E-state index >= 15 is 0 Å². The molecule has 0 atom stereocenters. The Balaban J connectivity index is 1.63. The van der Waals surface area contributed by atoms with E-state index in [0.29, 0.717) is 17.9 Å². The van der Waals surface area contributed by atoms with Crippen molar-refractivity contribution in [2.75, 3.05) is 15.4 Å². The molecular weight excluding hydrogens is 374 g/mol. The summed E-state index contributed by atoms with van der Waals surface area (Å²) >= 11 is 0. The number of hydrogen-bond donors (Lipinski definition) is 3. The third kappa shape index (κ3) is 5.34. The quantitative estimate of drug-likeness (QED) is 0.563. The van der Waals surface area contributed by atoms with Gasteiger partial charge >= 0.3 is 0 Å². The second-order valence-electron chi connectivity index (χ2n) is 6.23. The van der Waals surface area contributed by atoms with Crippen LogP contribution < -0.4 is 15.4 Å². The normalized spacial score (nSPS) is 10.9. The van der Waals surface area contributed by atoms with Crippen molar-refractivity contribution in [2.45, 2.75) is 18.4 Å². The molecule has 6 nitrogen and oxygen atoms in total. The number of amides is 1. The van der Waals surface area contributed by atoms with Gasteiger partial charge < -0.3 is 10.6 Å². The van der Waals surface area contributed by atoms with E-state index in [-0.39, 0.29) is 10.8 Å². The first-order chi connectivity index (χ1) is 13.4. The van der Waals surface area contributed by atoms with Crippen molar-refractivity contribution in [1.29, 1.82) is 0 Å². The summed E-state index contributed by atoms with van der Waals surface area (Å²) in [6.45, 7) is 2.08. The fraction of sp³-hybridized carbons (Fsp3) is 0.0952. The van der Waals surface area contributed by atoms with Gasteiger partial charge in [-0.05, 0) is 54.1 Å². The van der Waals surface area contributed by atoms with Gasteiger partial charge in [0, 0.05) is 30.5 Å². The van der Waals surface area contributed by atoms with Crippen LogP contribution in [0.3, 0.4) is 0 Å². The molecular formula is C21H21N3O3S. The number of carbonyl (C=O) groups excluding carboxylic acids is 1. The molecule has 144 valence electrons. The Hall–Kier alpha value is -3.32. The van der Waals surface area contributed by atoms with Crippen molar-refractivity contribution < 1.29 is 13.2 Å². The maximum atomic E-state index is 12.5. The maximum Gasteiger partial charge on any atom is 0.261 e. The van der Waals surface area contributed by atoms with Gasteiger partial charge in [0.2, 0.25) is 5.91 Å². The molecule has 3 aromatic carbocycles. The smallest absolute Gasteiger partial charge is 0.261 e. The molecule has 7 heteroatoms. The van der Waals surface area contributed by atoms with E-state index in [4.69, 9.17) is 0 Å². The van der Waals surface area contributed by atoms with Gasteiger partial charge in [-0.15, -0.1) is 0 Å². The van der Waals surface area contributed by atoms with Crippen LogP contribution >= 0.6 is 0 Å². The van der Waals surface area contributed by atoms with Crippen LogP contribution in [0, 0.1) is 0 Å². The predicted molar refractivity (Wildman–Crippen MR) is 112 cm³/mol. The van der Waals surface area contributed by atoms with Gasteiger partial charge in [0.15, 0.2) is 0 Å². The minimum atomic E-state index is -3.71. The standard InChI is InChI=1S/C21H21N3O3S/c1-16(25)23-19-11-13-21(14-12-19)28(26,27)24-20-9-7-18(8-10-20)22-15-17-5-3-2-4-6-17/h2-14,22,24H,15H2,1H3,(H,23,25). The molecule has 3 aromatic rings. The molecule has 0 unspecified atom stereocenters. The molecule has 0 spiro atoms. The van der Waals surface area contributed by atoms with Gasteiger partial charge in [-0.3, -0.25) is 9.52 Å². The Morgan fingerprint density at radius 1 is 0.786 bits per heavy atom. The van der Waals surface area contributed by atoms with Crippen molar-refractivity contribution in [2.24, 2.45) is 0 Å². The highest BCUT2D eigenvalue weighted by molar-refractivity contribution is 7.92. The molecule has 3 N–H and O–H groups in total. The van der Waals surface area contributed by atoms with Crippen LogP contribution in [-0.4, -0.2) is 14.3 Å². The van der Waals surface area contributed by atoms with Gasteiger partial charge in [0.1, 0.15) is 0 Å². The van der Waals surface area contributed by atoms with Crippen molar-refractivity contribution in [3.8, 4) is 0 Å². The molecule has 0 aliphatic heterocycles. The molecule has 0 aliphatic rings. The summed E-state index contributed by atoms with van der Waals surface area (Å²) in [7, 11) is -3.71. The Morgan fingerprint density at radius 2 is 1.36 bits per heavy atom. The Labute approximate surface area is 164 Å². The topological polar surface area (TPSA) is 87.3 Å². The predicted octanol–water partition coefficient (Wildman–Crippen LogP) is 4.06. The number of sulfonamides is 1. The third-order valence-electron chi connectivity index (χ3n) is 3.96. The molecule has 28 heavy (non-hydrogen) atoms. The highest BCUT2D eigenvalue weighted by Gasteiger charge is 2.14. The van der Waals surface area contributed by atoms with Crippen LogP contribution in [-0.2, 0) is 21.4 Å². The number of benzene rings is 3. The first-order valence-corrected chi connectivity index (χ1v) is 10.2. The summed E-state index contributed by atoms with van der Waals surface area (Å²) in [5.41, 5.74) is 3.07. The maximum absolute atomic E-state index is 12.5. The Kier molecular flexibility index (Phi) is 5.96. The van der Waals surface area contributed by atoms with Crippen LogP contribution in [0.2, 0.25) is 0 Å². The Bertz CT molecular complexity index is 1030. The minimum absolute atomic E-state index is 0.118. The second-order valence-corrected chi connectivity index (χ2v) is 7.91. The van der Waals surface area contributed by atoms with E-state index in [1.54, 1.807) is 24.3 Å². The van der Waals surface area contributed by atoms with Gasteiger partial charge in [-0.25, -0.2) is 8.42 Å². The van der Waals surface area contributed by atoms with E-state index in [1.165, 1.54) is 19.1 Å². The van der Waals surface area contributed by atoms with Crippen LogP contribution in [0.15, 0.2) is 83.8 Å². The highest BCUT2D eigenvalue weighted by Crippen LogP contribution is 2.20. The molecule has 0 heterocycles. The molecule has 0 fully saturated rings. The first-order valence-electron chi connectivity index (χ1n) is 8.71. The van der Waals surface area contributed by atoms with Crippen LogP contribution in [0.25, 0.3) is 0 Å². The average molecular weight is 395 g/mol. The third-order valence-corrected chi connectivity index (χ3v) is 5.36. The second kappa shape index (κ2) is 8.58. The molecule has 0 aliphatic carbocycles. The van der Waals surface area contributed by atoms with Crippen molar-refractivity contribution in [1.82, 2.24) is 0 Å². The van der Waals surface area contributed by atoms with Gasteiger partial charge in [-0.1, -0.05) is 30.3 Å². The molecule has 3 rings (SSSR count). The number of hydrogen-bond acceptors (Lipinski definition) is 4. The molecule has 0 radical (unpaired) electrons. The summed E-state index contributed by atoms with van der Waals surface area (Å²) in [5.74, 6) is -0.213. The lowest BCUT2D eigenvalue weighted by atomic mass is 10.2. The molecule has 0 aromatic heterocycles. The minimum Gasteiger partial charge on any atom is -0.381 e. The van der Waals surface area contributed by atoms with E-state index in [2.05, 4.69) is 15.4 Å². The van der Waals surface area contributed by atoms with Crippen LogP contribution in [0.5, 0.6) is 0 Å². The molecule has 0 bridgehead atoms. The van der Waals surface area contributed by atoms with Crippen molar-refractivity contribution in [3.05, 3.63) is 84.4 Å². The Morgan fingerprint density at radius 3 is 1.96 bits per heavy atom. The monoisotopic (exact) mass is 395 g/mol. The fourth-order valence-electron chi connectivity index (χ4n) is 2.59. The first kappa shape index (κ1) is 19.4. The fourth-order valence-corrected chi connectivity index (χ4v) is 3.65. The van der Waals surface area contributed by atoms with E-state index < -0.39 is 10.0 Å². The summed E-state index contributed by atoms with van der Waals surface area (Å²) in [6, 6.07) is 23.0. The number of rotatable bonds is 7. The summed E-state index contributed by atoms with van der Waals surface area (Å²) in [4.78, 5) is 11.2. The zero-order valence-electron chi connectivity index (χ0n) is 15.3. The SMILES string of the molecule is CC(=O)Nc1ccc(S(=O)(=O)Nc2ccc(NCc3ccccc3)cc2)cc1. The van der Waals surface area contributed by atoms with Crippen molar-refractivity contribution >= 4 is 33.0 Å². The van der Waals surface area contributed by atoms with Crippen LogP contribution in [0.4, 0.5) is 17.1 Å². The largest absolute Gasteiger partial charge is 0.381 e. The number of nitrogens with one attached hydrogen (secondary N) is 3. The molecule has 1 amide bonds. The summed E-state index contributed by atoms with van der Waals surface area (Å²) < 4.78 is 27.6. The lowest BCUT2D eigenvalue weighted by Crippen LogP contribution is -2.13. The highest BCUT2D eigenvalue weighted by atomic mass is 32.2. The van der Waals surface area contributed by atoms with Gasteiger partial charge in [0.25, 0.3) is 10.0 Å². The van der Waals surface area contributed by atoms with E-state index in [1.807, 2.05) is 42.5 Å². The molecule has 0 saturated carbocycles. The lowest BCUT2D eigenvalue weighted by Gasteiger charge is -2.11. The van der Waals surface area contributed by atoms with E-state index in [0.717, 1.165) is 11.3 Å². The zero-order valence-corrected chi connectivity index (χ0v) is 16.2. The van der Waals surface area contributed by atoms with Crippen LogP contribution in [0.1, 0.15) is 12.5 Å². The van der Waals surface area contributed by atoms with Crippen molar-refractivity contribution in [3.63, 3.8) is 0 Å².